The first-order valence-corrected chi connectivity index (χ1v) is 19.2. The monoisotopic (exact) mass is 743 g/mol. The molecular weight excluding hydrogens is 694 g/mol. The van der Waals surface area contributed by atoms with E-state index in [1.807, 2.05) is 36.8 Å². The molecule has 15 nitrogen and oxygen atoms in total. The van der Waals surface area contributed by atoms with Crippen molar-refractivity contribution in [2.75, 3.05) is 13.7 Å². The molecular formula is C36H49N5O10S. The zero-order valence-electron chi connectivity index (χ0n) is 30.7. The lowest BCUT2D eigenvalue weighted by Crippen LogP contribution is -2.60. The van der Waals surface area contributed by atoms with E-state index in [1.165, 1.54) is 4.90 Å². The maximum atomic E-state index is 14.5. The molecule has 3 aliphatic carbocycles. The minimum atomic E-state index is -4.45. The van der Waals surface area contributed by atoms with Crippen molar-refractivity contribution in [2.24, 2.45) is 11.3 Å². The average molecular weight is 744 g/mol. The number of aromatic nitrogens is 1. The Kier molecular flexibility index (Phi) is 9.64. The topological polar surface area (TPSA) is 192 Å². The first-order valence-electron chi connectivity index (χ1n) is 17.8. The van der Waals surface area contributed by atoms with Gasteiger partial charge in [-0.2, -0.15) is 8.42 Å². The molecule has 0 spiro atoms. The summed E-state index contributed by atoms with van der Waals surface area (Å²) < 4.78 is 50.0. The van der Waals surface area contributed by atoms with Crippen molar-refractivity contribution >= 4 is 44.9 Å². The normalized spacial score (nSPS) is 26.1. The maximum Gasteiger partial charge on any atom is 0.408 e. The van der Waals surface area contributed by atoms with Gasteiger partial charge in [-0.3, -0.25) is 14.4 Å². The molecule has 4 amide bonds. The van der Waals surface area contributed by atoms with E-state index in [9.17, 15) is 27.6 Å². The van der Waals surface area contributed by atoms with Gasteiger partial charge >= 0.3 is 16.4 Å². The van der Waals surface area contributed by atoms with Gasteiger partial charge in [0.15, 0.2) is 0 Å². The Balaban J connectivity index is 1.26. The Hall–Kier alpha value is -4.18. The third-order valence-electron chi connectivity index (χ3n) is 10.6. The van der Waals surface area contributed by atoms with Crippen LogP contribution < -0.4 is 24.8 Å². The molecule has 6 rings (SSSR count). The lowest BCUT2D eigenvalue weighted by atomic mass is 9.85. The van der Waals surface area contributed by atoms with Crippen molar-refractivity contribution in [3.05, 3.63) is 30.5 Å². The van der Waals surface area contributed by atoms with E-state index >= 15 is 0 Å². The molecule has 2 heterocycles. The molecule has 2 unspecified atom stereocenters. The molecule has 3 N–H and O–H groups in total. The number of benzene rings is 1. The SMILES string of the molecule is CCC1C[C@]1(NC(=O)[C@@H]1CC(Oc2nccc3cc(OC)ccc23)CN1C(=O)[C@@H](NC(=O)OC1(C)CC1)C(C)(C)C)C(=O)NS(=O)(=O)OC1(C)CC1. The Morgan fingerprint density at radius 3 is 2.35 bits per heavy atom. The summed E-state index contributed by atoms with van der Waals surface area (Å²) >= 11 is 0. The maximum absolute atomic E-state index is 14.5. The molecule has 1 aliphatic heterocycles. The van der Waals surface area contributed by atoms with Gasteiger partial charge in [-0.1, -0.05) is 34.1 Å². The predicted octanol–water partition coefficient (Wildman–Crippen LogP) is 3.50. The fraction of sp³-hybridized carbons (Fsp3) is 0.639. The smallest absolute Gasteiger partial charge is 0.408 e. The van der Waals surface area contributed by atoms with Crippen molar-refractivity contribution in [3.8, 4) is 11.6 Å². The Morgan fingerprint density at radius 2 is 1.75 bits per heavy atom. The van der Waals surface area contributed by atoms with Gasteiger partial charge in [-0.25, -0.2) is 18.7 Å². The largest absolute Gasteiger partial charge is 0.497 e. The number of likely N-dealkylation sites (tertiary alicyclic amines) is 1. The summed E-state index contributed by atoms with van der Waals surface area (Å²) in [6.07, 6.45) is 3.38. The van der Waals surface area contributed by atoms with Crippen LogP contribution in [0.25, 0.3) is 10.8 Å². The number of amides is 4. The van der Waals surface area contributed by atoms with Crippen LogP contribution in [0, 0.1) is 11.3 Å². The summed E-state index contributed by atoms with van der Waals surface area (Å²) in [5.41, 5.74) is -3.76. The molecule has 16 heteroatoms. The van der Waals surface area contributed by atoms with E-state index in [0.717, 1.165) is 18.2 Å². The quantitative estimate of drug-likeness (QED) is 0.272. The standard InChI is InChI=1S/C36H49N5O10S/c1-8-22-19-36(22,31(44)40-52(46,47)51-35(6)14-15-35)39-28(42)26-18-24(49-29-25-10-9-23(48-7)17-21(25)11-16-37-29)20-41(26)30(43)27(33(2,3)4)38-32(45)50-34(5)12-13-34/h9-11,16-17,22,24,26-27H,8,12-15,18-20H2,1-7H3,(H,38,45)(H,39,42)(H,40,44)/t22?,24?,26-,27+,36+/m0/s1. The number of carbonyl (C=O) groups is 4. The molecule has 284 valence electrons. The average Bonchev–Trinajstić information content (AvgIpc) is 4.02. The van der Waals surface area contributed by atoms with Crippen molar-refractivity contribution in [2.45, 2.75) is 121 Å². The van der Waals surface area contributed by atoms with E-state index < -0.39 is 74.5 Å². The molecule has 1 aromatic carbocycles. The minimum absolute atomic E-state index is 0.0272. The summed E-state index contributed by atoms with van der Waals surface area (Å²) in [6, 6.07) is 5.01. The summed E-state index contributed by atoms with van der Waals surface area (Å²) in [5.74, 6) is -1.50. The Morgan fingerprint density at radius 1 is 1.06 bits per heavy atom. The second-order valence-corrected chi connectivity index (χ2v) is 17.4. The number of carbonyl (C=O) groups excluding carboxylic acids is 4. The van der Waals surface area contributed by atoms with Crippen LogP contribution in [0.1, 0.15) is 86.5 Å². The van der Waals surface area contributed by atoms with Crippen molar-refractivity contribution in [3.63, 3.8) is 0 Å². The van der Waals surface area contributed by atoms with Crippen LogP contribution in [-0.4, -0.2) is 90.7 Å². The van der Waals surface area contributed by atoms with E-state index in [4.69, 9.17) is 18.4 Å². The molecule has 5 atom stereocenters. The first-order chi connectivity index (χ1) is 24.3. The first kappa shape index (κ1) is 37.6. The number of nitrogens with one attached hydrogen (secondary N) is 3. The summed E-state index contributed by atoms with van der Waals surface area (Å²) in [5, 5.41) is 7.07. The number of nitrogens with zero attached hydrogens (tertiary/aromatic N) is 2. The highest BCUT2D eigenvalue weighted by atomic mass is 32.2. The third kappa shape index (κ3) is 8.07. The lowest BCUT2D eigenvalue weighted by molar-refractivity contribution is -0.143. The molecule has 52 heavy (non-hydrogen) atoms. The van der Waals surface area contributed by atoms with E-state index in [1.54, 1.807) is 47.1 Å². The van der Waals surface area contributed by atoms with Crippen LogP contribution in [0.3, 0.4) is 0 Å². The highest BCUT2D eigenvalue weighted by molar-refractivity contribution is 7.85. The molecule has 4 fully saturated rings. The Labute approximate surface area is 304 Å². The van der Waals surface area contributed by atoms with Gasteiger partial charge in [-0.15, -0.1) is 0 Å². The highest BCUT2D eigenvalue weighted by Crippen LogP contribution is 2.47. The zero-order chi connectivity index (χ0) is 37.9. The van der Waals surface area contributed by atoms with Crippen LogP contribution in [-0.2, 0) is 33.6 Å². The second-order valence-electron chi connectivity index (χ2n) is 16.2. The van der Waals surface area contributed by atoms with Gasteiger partial charge in [0, 0.05) is 18.0 Å². The van der Waals surface area contributed by atoms with E-state index in [0.29, 0.717) is 36.3 Å². The van der Waals surface area contributed by atoms with Gasteiger partial charge in [0.05, 0.1) is 19.3 Å². The number of pyridine rings is 1. The summed E-state index contributed by atoms with van der Waals surface area (Å²) in [4.78, 5) is 61.1. The van der Waals surface area contributed by atoms with Crippen molar-refractivity contribution in [1.82, 2.24) is 25.2 Å². The number of alkyl carbamates (subject to hydrolysis) is 1. The molecule has 1 saturated heterocycles. The fourth-order valence-electron chi connectivity index (χ4n) is 6.71. The summed E-state index contributed by atoms with van der Waals surface area (Å²) in [6.45, 7) is 10.6. The summed E-state index contributed by atoms with van der Waals surface area (Å²) in [7, 11) is -2.88. The number of ether oxygens (including phenoxy) is 3. The second kappa shape index (κ2) is 13.3. The van der Waals surface area contributed by atoms with Crippen LogP contribution in [0.2, 0.25) is 0 Å². The molecule has 1 aromatic heterocycles. The van der Waals surface area contributed by atoms with Crippen LogP contribution in [0.4, 0.5) is 4.79 Å². The van der Waals surface area contributed by atoms with Gasteiger partial charge in [0.1, 0.15) is 35.1 Å². The number of fused-ring (bicyclic) bond motifs is 1. The molecule has 4 aliphatic rings. The van der Waals surface area contributed by atoms with Crippen molar-refractivity contribution in [1.29, 1.82) is 0 Å². The van der Waals surface area contributed by atoms with Crippen LogP contribution in [0.5, 0.6) is 11.6 Å². The third-order valence-corrected chi connectivity index (χ3v) is 11.6. The van der Waals surface area contributed by atoms with E-state index in [-0.39, 0.29) is 25.3 Å². The van der Waals surface area contributed by atoms with Crippen LogP contribution in [0.15, 0.2) is 30.5 Å². The van der Waals surface area contributed by atoms with E-state index in [2.05, 4.69) is 15.6 Å². The Bertz CT molecular complexity index is 1870. The van der Waals surface area contributed by atoms with Crippen molar-refractivity contribution < 1.29 is 46.0 Å². The molecule has 3 saturated carbocycles. The predicted molar refractivity (Wildman–Crippen MR) is 188 cm³/mol. The molecule has 0 bridgehead atoms. The number of methoxy groups -OCH3 is 1. The lowest BCUT2D eigenvalue weighted by Gasteiger charge is -2.35. The number of hydrogen-bond acceptors (Lipinski definition) is 11. The molecule has 2 aromatic rings. The molecule has 0 radical (unpaired) electrons. The van der Waals surface area contributed by atoms with Gasteiger partial charge in [-0.05, 0) is 86.9 Å². The fourth-order valence-corrected chi connectivity index (χ4v) is 7.86. The number of rotatable bonds is 13. The van der Waals surface area contributed by atoms with Crippen LogP contribution >= 0.6 is 0 Å². The zero-order valence-corrected chi connectivity index (χ0v) is 31.6. The van der Waals surface area contributed by atoms with Gasteiger partial charge < -0.3 is 29.7 Å². The highest BCUT2D eigenvalue weighted by Gasteiger charge is 2.62. The van der Waals surface area contributed by atoms with Gasteiger partial charge in [0.2, 0.25) is 17.7 Å². The minimum Gasteiger partial charge on any atom is -0.497 e. The van der Waals surface area contributed by atoms with Gasteiger partial charge in [0.25, 0.3) is 5.91 Å². The number of hydrogen-bond donors (Lipinski definition) is 3.